The molecule has 8 heteroatoms. The molecule has 160 valence electrons. The van der Waals surface area contributed by atoms with Crippen molar-refractivity contribution in [2.45, 2.75) is 43.0 Å². The van der Waals surface area contributed by atoms with Gasteiger partial charge in [-0.25, -0.2) is 8.42 Å². The summed E-state index contributed by atoms with van der Waals surface area (Å²) in [4.78, 5) is 2.88. The highest BCUT2D eigenvalue weighted by molar-refractivity contribution is 7.89. The highest BCUT2D eigenvalue weighted by Gasteiger charge is 2.45. The van der Waals surface area contributed by atoms with E-state index in [0.717, 1.165) is 39.1 Å². The van der Waals surface area contributed by atoms with Crippen molar-refractivity contribution in [2.24, 2.45) is 5.41 Å². The van der Waals surface area contributed by atoms with Gasteiger partial charge in [0.1, 0.15) is 13.2 Å². The van der Waals surface area contributed by atoms with Crippen LogP contribution in [0.5, 0.6) is 11.5 Å². The highest BCUT2D eigenvalue weighted by Crippen LogP contribution is 2.48. The number of hydrogen-bond donors (Lipinski definition) is 0. The van der Waals surface area contributed by atoms with Gasteiger partial charge < -0.3 is 14.2 Å². The Morgan fingerprint density at radius 1 is 0.897 bits per heavy atom. The molecule has 29 heavy (non-hydrogen) atoms. The zero-order valence-corrected chi connectivity index (χ0v) is 17.7. The van der Waals surface area contributed by atoms with Gasteiger partial charge in [0.05, 0.1) is 18.1 Å². The first-order chi connectivity index (χ1) is 14.1. The van der Waals surface area contributed by atoms with Crippen LogP contribution in [-0.4, -0.2) is 76.3 Å². The quantitative estimate of drug-likeness (QED) is 0.743. The van der Waals surface area contributed by atoms with E-state index >= 15 is 0 Å². The normalized spacial score (nSPS) is 27.9. The molecule has 3 heterocycles. The molecule has 1 saturated carbocycles. The van der Waals surface area contributed by atoms with E-state index in [0.29, 0.717) is 54.2 Å². The molecule has 1 aliphatic carbocycles. The Hall–Kier alpha value is -1.35. The lowest BCUT2D eigenvalue weighted by Gasteiger charge is -2.40. The van der Waals surface area contributed by atoms with Gasteiger partial charge in [0.15, 0.2) is 11.5 Å². The van der Waals surface area contributed by atoms with Crippen molar-refractivity contribution in [3.05, 3.63) is 18.2 Å². The Kier molecular flexibility index (Phi) is 5.22. The summed E-state index contributed by atoms with van der Waals surface area (Å²) >= 11 is 0. The van der Waals surface area contributed by atoms with Gasteiger partial charge in [-0.05, 0) is 49.7 Å². The summed E-state index contributed by atoms with van der Waals surface area (Å²) in [5, 5.41) is 0. The molecule has 1 spiro atoms. The molecule has 7 nitrogen and oxygen atoms in total. The van der Waals surface area contributed by atoms with Gasteiger partial charge in [-0.2, -0.15) is 4.31 Å². The van der Waals surface area contributed by atoms with Gasteiger partial charge in [-0.15, -0.1) is 0 Å². The van der Waals surface area contributed by atoms with Crippen LogP contribution < -0.4 is 9.47 Å². The van der Waals surface area contributed by atoms with Crippen molar-refractivity contribution in [2.75, 3.05) is 52.6 Å². The third-order valence-corrected chi connectivity index (χ3v) is 9.07. The average molecular weight is 423 g/mol. The molecule has 5 rings (SSSR count). The van der Waals surface area contributed by atoms with Gasteiger partial charge in [0.2, 0.25) is 10.0 Å². The fourth-order valence-corrected chi connectivity index (χ4v) is 6.88. The Morgan fingerprint density at radius 2 is 1.62 bits per heavy atom. The largest absolute Gasteiger partial charge is 0.486 e. The van der Waals surface area contributed by atoms with E-state index in [4.69, 9.17) is 14.2 Å². The molecule has 0 bridgehead atoms. The molecule has 1 atom stereocenters. The molecule has 1 aromatic rings. The lowest BCUT2D eigenvalue weighted by molar-refractivity contribution is 0.0137. The molecule has 3 aliphatic heterocycles. The molecular weight excluding hydrogens is 392 g/mol. The number of benzene rings is 1. The number of ether oxygens (including phenoxy) is 3. The molecule has 1 unspecified atom stereocenters. The van der Waals surface area contributed by atoms with Crippen molar-refractivity contribution >= 4 is 10.0 Å². The van der Waals surface area contributed by atoms with Crippen LogP contribution in [0.25, 0.3) is 0 Å². The number of piperidine rings is 1. The van der Waals surface area contributed by atoms with Crippen molar-refractivity contribution in [1.29, 1.82) is 0 Å². The van der Waals surface area contributed by atoms with Crippen LogP contribution in [0.3, 0.4) is 0 Å². The van der Waals surface area contributed by atoms with E-state index in [2.05, 4.69) is 4.90 Å². The van der Waals surface area contributed by atoms with Crippen LogP contribution >= 0.6 is 0 Å². The predicted molar refractivity (Wildman–Crippen MR) is 108 cm³/mol. The Bertz CT molecular complexity index is 845. The van der Waals surface area contributed by atoms with E-state index in [1.54, 1.807) is 22.5 Å². The number of nitrogens with zero attached hydrogens (tertiary/aromatic N) is 2. The fourth-order valence-electron chi connectivity index (χ4n) is 5.42. The summed E-state index contributed by atoms with van der Waals surface area (Å²) in [5.74, 6) is 1.14. The monoisotopic (exact) mass is 422 g/mol. The number of fused-ring (bicyclic) bond motifs is 1. The lowest BCUT2D eigenvalue weighted by Crippen LogP contribution is -2.45. The van der Waals surface area contributed by atoms with Crippen molar-refractivity contribution < 1.29 is 22.6 Å². The van der Waals surface area contributed by atoms with Crippen LogP contribution in [0.15, 0.2) is 23.1 Å². The van der Waals surface area contributed by atoms with Gasteiger partial charge in [0, 0.05) is 38.3 Å². The summed E-state index contributed by atoms with van der Waals surface area (Å²) < 4.78 is 44.6. The van der Waals surface area contributed by atoms with Crippen LogP contribution in [0.4, 0.5) is 0 Å². The van der Waals surface area contributed by atoms with Gasteiger partial charge in [0.25, 0.3) is 0 Å². The molecule has 2 saturated heterocycles. The van der Waals surface area contributed by atoms with E-state index in [9.17, 15) is 8.42 Å². The van der Waals surface area contributed by atoms with Gasteiger partial charge in [-0.3, -0.25) is 4.90 Å². The zero-order valence-electron chi connectivity index (χ0n) is 16.8. The minimum absolute atomic E-state index is 0.301. The van der Waals surface area contributed by atoms with E-state index in [1.165, 1.54) is 19.3 Å². The second-order valence-electron chi connectivity index (χ2n) is 8.75. The summed E-state index contributed by atoms with van der Waals surface area (Å²) in [6.07, 6.45) is 5.56. The van der Waals surface area contributed by atoms with Crippen molar-refractivity contribution in [3.8, 4) is 11.5 Å². The van der Waals surface area contributed by atoms with Crippen LogP contribution in [0.1, 0.15) is 32.1 Å². The minimum atomic E-state index is -3.50. The number of morpholine rings is 1. The second-order valence-corrected chi connectivity index (χ2v) is 10.7. The maximum Gasteiger partial charge on any atom is 0.243 e. The predicted octanol–water partition coefficient (Wildman–Crippen LogP) is 2.11. The fraction of sp³-hybridized carbons (Fsp3) is 0.714. The number of rotatable bonds is 3. The first-order valence-corrected chi connectivity index (χ1v) is 12.2. The van der Waals surface area contributed by atoms with E-state index in [1.807, 2.05) is 0 Å². The molecular formula is C21H30N2O5S. The maximum absolute atomic E-state index is 13.2. The van der Waals surface area contributed by atoms with E-state index < -0.39 is 10.0 Å². The molecule has 0 aromatic heterocycles. The van der Waals surface area contributed by atoms with Crippen molar-refractivity contribution in [3.63, 3.8) is 0 Å². The summed E-state index contributed by atoms with van der Waals surface area (Å²) in [6, 6.07) is 5.59. The van der Waals surface area contributed by atoms with E-state index in [-0.39, 0.29) is 0 Å². The molecule has 4 aliphatic rings. The molecule has 1 aromatic carbocycles. The lowest BCUT2D eigenvalue weighted by atomic mass is 9.77. The minimum Gasteiger partial charge on any atom is -0.486 e. The molecule has 0 radical (unpaired) electrons. The Morgan fingerprint density at radius 3 is 2.38 bits per heavy atom. The summed E-state index contributed by atoms with van der Waals surface area (Å²) in [6.45, 7) is 5.90. The number of sulfonamides is 1. The standard InChI is InChI=1S/C21H30N2O5S/c24-29(25,18-1-2-19-20(15-18)28-14-13-27-19)23-7-5-21(6-8-23)4-3-17(16-21)22-9-11-26-12-10-22/h1-2,15,17H,3-14,16H2. The first kappa shape index (κ1) is 19.6. The smallest absolute Gasteiger partial charge is 0.243 e. The first-order valence-electron chi connectivity index (χ1n) is 10.8. The zero-order chi connectivity index (χ0) is 19.9. The summed E-state index contributed by atoms with van der Waals surface area (Å²) in [5.41, 5.74) is 0.307. The SMILES string of the molecule is O=S(=O)(c1ccc2c(c1)OCCO2)N1CCC2(CCC(N3CCOCC3)C2)CC1. The summed E-state index contributed by atoms with van der Waals surface area (Å²) in [7, 11) is -3.50. The third kappa shape index (κ3) is 3.76. The average Bonchev–Trinajstić information content (AvgIpc) is 3.18. The van der Waals surface area contributed by atoms with Gasteiger partial charge in [-0.1, -0.05) is 0 Å². The molecule has 0 N–H and O–H groups in total. The van der Waals surface area contributed by atoms with Crippen LogP contribution in [0.2, 0.25) is 0 Å². The Labute approximate surface area is 173 Å². The van der Waals surface area contributed by atoms with Crippen molar-refractivity contribution in [1.82, 2.24) is 9.21 Å². The number of hydrogen-bond acceptors (Lipinski definition) is 6. The Balaban J connectivity index is 1.24. The molecule has 0 amide bonds. The van der Waals surface area contributed by atoms with Crippen LogP contribution in [-0.2, 0) is 14.8 Å². The maximum atomic E-state index is 13.2. The molecule has 3 fully saturated rings. The second kappa shape index (κ2) is 7.72. The third-order valence-electron chi connectivity index (χ3n) is 7.17. The topological polar surface area (TPSA) is 68.3 Å². The van der Waals surface area contributed by atoms with Gasteiger partial charge >= 0.3 is 0 Å². The highest BCUT2D eigenvalue weighted by atomic mass is 32.2. The van der Waals surface area contributed by atoms with Crippen LogP contribution in [0, 0.1) is 5.41 Å².